The van der Waals surface area contributed by atoms with Crippen molar-refractivity contribution < 1.29 is 28.8 Å². The van der Waals surface area contributed by atoms with Crippen LogP contribution < -0.4 is 26.6 Å². The van der Waals surface area contributed by atoms with Gasteiger partial charge in [0.1, 0.15) is 11.8 Å². The molecule has 1 aromatic carbocycles. The highest BCUT2D eigenvalue weighted by atomic mass is 16.2. The third-order valence-corrected chi connectivity index (χ3v) is 5.89. The van der Waals surface area contributed by atoms with Crippen molar-refractivity contribution in [3.63, 3.8) is 0 Å². The van der Waals surface area contributed by atoms with E-state index in [9.17, 15) is 28.8 Å². The summed E-state index contributed by atoms with van der Waals surface area (Å²) in [5, 5.41) is 13.7. The Hall–Kier alpha value is -3.60. The molecule has 1 aromatic rings. The molecule has 39 heavy (non-hydrogen) atoms. The third-order valence-electron chi connectivity index (χ3n) is 5.89. The quantitative estimate of drug-likeness (QED) is 0.199. The van der Waals surface area contributed by atoms with Crippen molar-refractivity contribution in [2.75, 3.05) is 24.2 Å². The molecule has 0 bridgehead atoms. The Morgan fingerprint density at radius 3 is 1.82 bits per heavy atom. The normalized spacial score (nSPS) is 12.4. The molecule has 0 fully saturated rings. The van der Waals surface area contributed by atoms with Crippen LogP contribution in [0.3, 0.4) is 0 Å². The van der Waals surface area contributed by atoms with Crippen molar-refractivity contribution in [1.82, 2.24) is 16.0 Å². The Labute approximate surface area is 230 Å². The van der Waals surface area contributed by atoms with Gasteiger partial charge in [0.05, 0.1) is 6.04 Å². The van der Waals surface area contributed by atoms with E-state index >= 15 is 0 Å². The average Bonchev–Trinajstić information content (AvgIpc) is 2.84. The number of hydrogen-bond acceptors (Lipinski definition) is 7. The summed E-state index contributed by atoms with van der Waals surface area (Å²) in [5.41, 5.74) is 0.652. The van der Waals surface area contributed by atoms with Gasteiger partial charge in [0.2, 0.25) is 17.7 Å². The lowest BCUT2D eigenvalue weighted by Gasteiger charge is -2.24. The number of nitrogens with one attached hydrogen (secondary N) is 5. The van der Waals surface area contributed by atoms with Crippen molar-refractivity contribution in [2.24, 2.45) is 11.8 Å². The minimum Gasteiger partial charge on any atom is -0.345 e. The summed E-state index contributed by atoms with van der Waals surface area (Å²) >= 11 is 0. The highest BCUT2D eigenvalue weighted by Gasteiger charge is 2.28. The predicted octanol–water partition coefficient (Wildman–Crippen LogP) is 2.42. The standard InChI is InChI=1S/C28H43N5O6/c1-16(2)25(28(39)30-19(6)26(37)17(3)4)33-27(38)20-13-21(31-23(35)9-8-12-29-7)15-22(14-20)32-24(36)11-10-18(5)34/h13-17,19,25,29H,8-12H2,1-7H3,(H,30,39)(H,31,35)(H,32,36)(H,33,38)/t19-,25-/m0/s1. The van der Waals surface area contributed by atoms with Crippen LogP contribution in [0.1, 0.15) is 77.6 Å². The molecular weight excluding hydrogens is 502 g/mol. The van der Waals surface area contributed by atoms with Gasteiger partial charge in [-0.15, -0.1) is 0 Å². The lowest BCUT2D eigenvalue weighted by Crippen LogP contribution is -2.53. The van der Waals surface area contributed by atoms with Crippen molar-refractivity contribution in [2.45, 2.75) is 79.3 Å². The maximum absolute atomic E-state index is 13.3. The first-order valence-corrected chi connectivity index (χ1v) is 13.3. The highest BCUT2D eigenvalue weighted by Crippen LogP contribution is 2.21. The van der Waals surface area contributed by atoms with Crippen LogP contribution in [-0.4, -0.2) is 60.9 Å². The van der Waals surface area contributed by atoms with Crippen LogP contribution >= 0.6 is 0 Å². The summed E-state index contributed by atoms with van der Waals surface area (Å²) in [5.74, 6) is -2.58. The van der Waals surface area contributed by atoms with Crippen LogP contribution in [0.2, 0.25) is 0 Å². The van der Waals surface area contributed by atoms with Crippen LogP contribution in [0.4, 0.5) is 11.4 Å². The van der Waals surface area contributed by atoms with E-state index in [2.05, 4.69) is 26.6 Å². The van der Waals surface area contributed by atoms with Gasteiger partial charge in [-0.3, -0.25) is 24.0 Å². The molecule has 0 aromatic heterocycles. The first kappa shape index (κ1) is 33.4. The second kappa shape index (κ2) is 16.4. The number of carbonyl (C=O) groups excluding carboxylic acids is 6. The van der Waals surface area contributed by atoms with Gasteiger partial charge in [-0.2, -0.15) is 0 Å². The van der Waals surface area contributed by atoms with Gasteiger partial charge in [0, 0.05) is 42.1 Å². The van der Waals surface area contributed by atoms with Crippen LogP contribution in [0.15, 0.2) is 18.2 Å². The topological polar surface area (TPSA) is 163 Å². The summed E-state index contributed by atoms with van der Waals surface area (Å²) in [6.07, 6.45) is 0.908. The van der Waals surface area contributed by atoms with Crippen molar-refractivity contribution in [1.29, 1.82) is 0 Å². The molecule has 0 saturated heterocycles. The Bertz CT molecular complexity index is 1050. The molecule has 0 aliphatic carbocycles. The van der Waals surface area contributed by atoms with Crippen LogP contribution in [-0.2, 0) is 24.0 Å². The summed E-state index contributed by atoms with van der Waals surface area (Å²) in [7, 11) is 1.79. The summed E-state index contributed by atoms with van der Waals surface area (Å²) in [6, 6.07) is 2.75. The maximum atomic E-state index is 13.3. The lowest BCUT2D eigenvalue weighted by atomic mass is 10.00. The van der Waals surface area contributed by atoms with E-state index in [0.29, 0.717) is 18.7 Å². The van der Waals surface area contributed by atoms with Crippen LogP contribution in [0.5, 0.6) is 0 Å². The molecule has 11 nitrogen and oxygen atoms in total. The fraction of sp³-hybridized carbons (Fsp3) is 0.571. The molecule has 4 amide bonds. The number of ketones is 2. The minimum atomic E-state index is -0.937. The number of benzene rings is 1. The smallest absolute Gasteiger partial charge is 0.252 e. The Balaban J connectivity index is 3.18. The molecule has 0 aliphatic rings. The second-order valence-corrected chi connectivity index (χ2v) is 10.3. The van der Waals surface area contributed by atoms with E-state index in [0.717, 1.165) is 0 Å². The summed E-state index contributed by atoms with van der Waals surface area (Å²) in [6.45, 7) is 10.7. The predicted molar refractivity (Wildman–Crippen MR) is 150 cm³/mol. The Kier molecular flexibility index (Phi) is 14.0. The zero-order valence-corrected chi connectivity index (χ0v) is 24.0. The number of carbonyl (C=O) groups is 6. The Morgan fingerprint density at radius 1 is 0.769 bits per heavy atom. The van der Waals surface area contributed by atoms with Crippen molar-refractivity contribution in [3.8, 4) is 0 Å². The number of anilines is 2. The van der Waals surface area contributed by atoms with Gasteiger partial charge in [-0.05, 0) is 58.0 Å². The summed E-state index contributed by atoms with van der Waals surface area (Å²) < 4.78 is 0. The molecule has 11 heteroatoms. The molecule has 0 heterocycles. The molecular formula is C28H43N5O6. The number of hydrogen-bond donors (Lipinski definition) is 5. The van der Waals surface area contributed by atoms with E-state index in [1.165, 1.54) is 25.1 Å². The zero-order chi connectivity index (χ0) is 29.7. The van der Waals surface area contributed by atoms with E-state index in [4.69, 9.17) is 0 Å². The van der Waals surface area contributed by atoms with Crippen molar-refractivity contribution >= 4 is 46.6 Å². The third kappa shape index (κ3) is 12.2. The number of amides is 4. The fourth-order valence-corrected chi connectivity index (χ4v) is 3.70. The lowest BCUT2D eigenvalue weighted by molar-refractivity contribution is -0.130. The second-order valence-electron chi connectivity index (χ2n) is 10.3. The zero-order valence-electron chi connectivity index (χ0n) is 24.0. The molecule has 1 rings (SSSR count). The van der Waals surface area contributed by atoms with E-state index < -0.39 is 29.8 Å². The molecule has 216 valence electrons. The van der Waals surface area contributed by atoms with Gasteiger partial charge < -0.3 is 31.4 Å². The van der Waals surface area contributed by atoms with Gasteiger partial charge in [0.15, 0.2) is 5.78 Å². The molecule has 2 atom stereocenters. The van der Waals surface area contributed by atoms with Crippen LogP contribution in [0.25, 0.3) is 0 Å². The van der Waals surface area contributed by atoms with Crippen LogP contribution in [0, 0.1) is 11.8 Å². The molecule has 0 spiro atoms. The number of rotatable bonds is 16. The van der Waals surface area contributed by atoms with Gasteiger partial charge in [-0.25, -0.2) is 0 Å². The summed E-state index contributed by atoms with van der Waals surface area (Å²) in [4.78, 5) is 74.4. The maximum Gasteiger partial charge on any atom is 0.252 e. The largest absolute Gasteiger partial charge is 0.345 e. The van der Waals surface area contributed by atoms with Gasteiger partial charge in [0.25, 0.3) is 5.91 Å². The molecule has 5 N–H and O–H groups in total. The molecule has 0 radical (unpaired) electrons. The van der Waals surface area contributed by atoms with E-state index in [1.54, 1.807) is 41.7 Å². The molecule has 0 aliphatic heterocycles. The monoisotopic (exact) mass is 545 g/mol. The minimum absolute atomic E-state index is 0.0274. The van der Waals surface area contributed by atoms with Gasteiger partial charge in [-0.1, -0.05) is 27.7 Å². The average molecular weight is 546 g/mol. The fourth-order valence-electron chi connectivity index (χ4n) is 3.70. The van der Waals surface area contributed by atoms with E-state index in [1.807, 2.05) is 0 Å². The SMILES string of the molecule is CNCCCC(=O)Nc1cc(NC(=O)CCC(C)=O)cc(C(=O)N[C@H](C(=O)N[C@@H](C)C(=O)C(C)C)C(C)C)c1. The molecule has 0 saturated carbocycles. The van der Waals surface area contributed by atoms with Gasteiger partial charge >= 0.3 is 0 Å². The highest BCUT2D eigenvalue weighted by molar-refractivity contribution is 6.02. The van der Waals surface area contributed by atoms with Crippen molar-refractivity contribution in [3.05, 3.63) is 23.8 Å². The number of Topliss-reactive ketones (excluding diaryl/α,β-unsaturated/α-hetero) is 2. The van der Waals surface area contributed by atoms with E-state index in [-0.39, 0.29) is 59.8 Å². The Morgan fingerprint density at radius 2 is 1.33 bits per heavy atom. The first-order valence-electron chi connectivity index (χ1n) is 13.3. The first-order chi connectivity index (χ1) is 18.2. The molecule has 0 unspecified atom stereocenters.